The molecule has 0 amide bonds. The molecule has 0 spiro atoms. The Labute approximate surface area is 57.1 Å². The molecule has 1 heteroatoms. The second kappa shape index (κ2) is 42.3. The molecule has 0 rings (SSSR count). The van der Waals surface area contributed by atoms with Gasteiger partial charge in [-0.05, 0) is 0 Å². The smallest absolute Gasteiger partial charge is 0.245 e. The molecule has 0 atom stereocenters. The molecule has 0 nitrogen and oxygen atoms in total. The number of allylic oxidation sites excluding steroid dienone is 2. The summed E-state index contributed by atoms with van der Waals surface area (Å²) in [5.41, 5.74) is 0. The van der Waals surface area contributed by atoms with E-state index in [2.05, 4.69) is 27.0 Å². The van der Waals surface area contributed by atoms with Crippen molar-refractivity contribution >= 4 is 0 Å². The molecule has 0 aromatic heterocycles. The van der Waals surface area contributed by atoms with E-state index in [1.54, 1.807) is 0 Å². The van der Waals surface area contributed by atoms with Gasteiger partial charge < -0.3 is 0 Å². The largest absolute Gasteiger partial charge is 2.00 e. The Hall–Kier alpha value is -0.248. The first-order valence-corrected chi connectivity index (χ1v) is 1.63. The molecule has 0 saturated heterocycles. The van der Waals surface area contributed by atoms with Crippen molar-refractivity contribution < 1.29 is 17.4 Å². The third kappa shape index (κ3) is 1320. The molecule has 0 radical (unpaired) electrons. The average Bonchev–Trinajstić information content (AvgIpc) is 1.39. The Balaban J connectivity index is -0.0000000400. The van der Waals surface area contributed by atoms with E-state index >= 15 is 0 Å². The van der Waals surface area contributed by atoms with Gasteiger partial charge in [-0.3, -0.25) is 0 Å². The first-order chi connectivity index (χ1) is 2.83. The third-order valence-electron chi connectivity index (χ3n) is 0. The van der Waals surface area contributed by atoms with Crippen LogP contribution in [-0.2, 0) is 17.4 Å². The quantitative estimate of drug-likeness (QED) is 0.444. The summed E-state index contributed by atoms with van der Waals surface area (Å²) in [4.78, 5) is 0. The van der Waals surface area contributed by atoms with Crippen molar-refractivity contribution in [3.05, 3.63) is 39.2 Å². The monoisotopic (exact) mass is 134 g/mol. The second-order valence-electron chi connectivity index (χ2n) is 0.577. The van der Waals surface area contributed by atoms with Crippen molar-refractivity contribution in [2.75, 3.05) is 0 Å². The van der Waals surface area contributed by atoms with Crippen LogP contribution < -0.4 is 0 Å². The Kier molecular flexibility index (Phi) is 95.9. The van der Waals surface area contributed by atoms with Gasteiger partial charge in [0.15, 0.2) is 0 Å². The normalized spacial score (nSPS) is 3.43. The van der Waals surface area contributed by atoms with Crippen molar-refractivity contribution in [2.24, 2.45) is 0 Å². The van der Waals surface area contributed by atoms with E-state index in [1.807, 2.05) is 0 Å². The average molecular weight is 134 g/mol. The molecule has 0 aliphatic heterocycles. The minimum absolute atomic E-state index is 0. The van der Waals surface area contributed by atoms with Crippen molar-refractivity contribution in [1.29, 1.82) is 0 Å². The number of hydrogen-bond donors (Lipinski definition) is 0. The molecule has 0 aliphatic rings. The van der Waals surface area contributed by atoms with Crippen LogP contribution in [-0.4, -0.2) is 0 Å². The van der Waals surface area contributed by atoms with E-state index in [1.165, 1.54) is 12.2 Å². The summed E-state index contributed by atoms with van der Waals surface area (Å²) in [6.07, 6.45) is 3.00. The van der Waals surface area contributed by atoms with E-state index in [9.17, 15) is 0 Å². The molecule has 0 aromatic rings. The van der Waals surface area contributed by atoms with Gasteiger partial charge in [-0.1, -0.05) is 0 Å². The molecular formula is C6H10Cr. The van der Waals surface area contributed by atoms with E-state index in [0.717, 1.165) is 0 Å². The minimum Gasteiger partial charge on any atom is -0.245 e. The van der Waals surface area contributed by atoms with Gasteiger partial charge in [0.2, 0.25) is 0 Å². The van der Waals surface area contributed by atoms with Crippen LogP contribution in [0, 0.1) is 13.8 Å². The standard InChI is InChI=1S/2C3H5.Cr/c2*1-3-2;/h2*3H,1-2H2;/q2*-1;+2. The van der Waals surface area contributed by atoms with E-state index < -0.39 is 0 Å². The van der Waals surface area contributed by atoms with Crippen molar-refractivity contribution in [3.8, 4) is 0 Å². The van der Waals surface area contributed by atoms with Crippen LogP contribution in [0.2, 0.25) is 0 Å². The van der Waals surface area contributed by atoms with Gasteiger partial charge >= 0.3 is 17.4 Å². The van der Waals surface area contributed by atoms with Crippen LogP contribution in [0.15, 0.2) is 25.3 Å². The maximum Gasteiger partial charge on any atom is 2.00 e. The Morgan fingerprint density at radius 3 is 1.00 bits per heavy atom. The molecule has 7 heavy (non-hydrogen) atoms. The van der Waals surface area contributed by atoms with E-state index in [0.29, 0.717) is 0 Å². The van der Waals surface area contributed by atoms with Crippen molar-refractivity contribution in [3.63, 3.8) is 0 Å². The van der Waals surface area contributed by atoms with Crippen LogP contribution >= 0.6 is 0 Å². The van der Waals surface area contributed by atoms with Gasteiger partial charge in [-0.15, -0.1) is 0 Å². The summed E-state index contributed by atoms with van der Waals surface area (Å²) in [7, 11) is 0. The first kappa shape index (κ1) is 15.9. The molecule has 0 N–H and O–H groups in total. The molecule has 0 unspecified atom stereocenters. The molecule has 0 saturated carbocycles. The van der Waals surface area contributed by atoms with E-state index in [-0.39, 0.29) is 17.4 Å². The van der Waals surface area contributed by atoms with Crippen LogP contribution in [0.4, 0.5) is 0 Å². The van der Waals surface area contributed by atoms with Gasteiger partial charge in [-0.25, -0.2) is 39.2 Å². The predicted molar refractivity (Wildman–Crippen MR) is 31.1 cm³/mol. The van der Waals surface area contributed by atoms with Crippen LogP contribution in [0.1, 0.15) is 0 Å². The molecule has 0 bridgehead atoms. The molecule has 40 valence electrons. The molecule has 0 aliphatic carbocycles. The zero-order valence-electron chi connectivity index (χ0n) is 4.39. The number of rotatable bonds is 0. The summed E-state index contributed by atoms with van der Waals surface area (Å²) in [6, 6.07) is 0. The van der Waals surface area contributed by atoms with Gasteiger partial charge in [0.05, 0.1) is 0 Å². The Morgan fingerprint density at radius 2 is 1.00 bits per heavy atom. The van der Waals surface area contributed by atoms with Crippen molar-refractivity contribution in [2.45, 2.75) is 0 Å². The first-order valence-electron chi connectivity index (χ1n) is 1.63. The molecular weight excluding hydrogens is 124 g/mol. The Bertz CT molecular complexity index is 25.2. The van der Waals surface area contributed by atoms with Crippen LogP contribution in [0.25, 0.3) is 0 Å². The summed E-state index contributed by atoms with van der Waals surface area (Å²) in [6.45, 7) is 13.0. The fourth-order valence-corrected chi connectivity index (χ4v) is 0. The molecule has 0 heterocycles. The fraction of sp³-hybridized carbons (Fsp3) is 0. The van der Waals surface area contributed by atoms with Gasteiger partial charge in [0.1, 0.15) is 0 Å². The minimum atomic E-state index is 0. The summed E-state index contributed by atoms with van der Waals surface area (Å²) < 4.78 is 0. The van der Waals surface area contributed by atoms with Crippen LogP contribution in [0.3, 0.4) is 0 Å². The maximum absolute atomic E-state index is 3.25. The van der Waals surface area contributed by atoms with E-state index in [4.69, 9.17) is 0 Å². The van der Waals surface area contributed by atoms with Crippen LogP contribution in [0.5, 0.6) is 0 Å². The summed E-state index contributed by atoms with van der Waals surface area (Å²) in [5, 5.41) is 0. The predicted octanol–water partition coefficient (Wildman–Crippen LogP) is 2.01. The zero-order chi connectivity index (χ0) is 5.41. The maximum atomic E-state index is 3.25. The zero-order valence-corrected chi connectivity index (χ0v) is 5.67. The topological polar surface area (TPSA) is 0 Å². The summed E-state index contributed by atoms with van der Waals surface area (Å²) in [5.74, 6) is 0. The molecule has 0 aromatic carbocycles. The van der Waals surface area contributed by atoms with Gasteiger partial charge in [0, 0.05) is 0 Å². The molecule has 0 fully saturated rings. The second-order valence-corrected chi connectivity index (χ2v) is 0.577. The van der Waals surface area contributed by atoms with Gasteiger partial charge in [0.25, 0.3) is 0 Å². The fourth-order valence-electron chi connectivity index (χ4n) is 0. The number of hydrogen-bond acceptors (Lipinski definition) is 0. The third-order valence-corrected chi connectivity index (χ3v) is 0. The summed E-state index contributed by atoms with van der Waals surface area (Å²) >= 11 is 0. The SMILES string of the molecule is C=C[CH2-].C=C[CH2-].[Cr+2]. The Morgan fingerprint density at radius 1 is 1.00 bits per heavy atom. The van der Waals surface area contributed by atoms with Crippen molar-refractivity contribution in [1.82, 2.24) is 0 Å². The van der Waals surface area contributed by atoms with Gasteiger partial charge in [-0.2, -0.15) is 0 Å².